The van der Waals surface area contributed by atoms with Crippen LogP contribution < -0.4 is 15.5 Å². The Bertz CT molecular complexity index is 919. The summed E-state index contributed by atoms with van der Waals surface area (Å²) in [6, 6.07) is 13.7. The van der Waals surface area contributed by atoms with E-state index in [9.17, 15) is 14.4 Å². The summed E-state index contributed by atoms with van der Waals surface area (Å²) in [5, 5.41) is 3.42. The zero-order valence-electron chi connectivity index (χ0n) is 15.5. The maximum absolute atomic E-state index is 13.0. The van der Waals surface area contributed by atoms with Crippen LogP contribution in [0.15, 0.2) is 53.0 Å². The zero-order valence-corrected chi connectivity index (χ0v) is 17.1. The van der Waals surface area contributed by atoms with Gasteiger partial charge in [0.15, 0.2) is 6.61 Å². The van der Waals surface area contributed by atoms with Crippen LogP contribution in [0, 0.1) is 6.92 Å². The van der Waals surface area contributed by atoms with E-state index in [4.69, 9.17) is 4.74 Å². The molecule has 2 aromatic carbocycles. The van der Waals surface area contributed by atoms with Crippen molar-refractivity contribution < 1.29 is 19.1 Å². The molecule has 2 aromatic rings. The van der Waals surface area contributed by atoms with E-state index in [2.05, 4.69) is 26.7 Å². The van der Waals surface area contributed by atoms with Crippen molar-refractivity contribution in [3.63, 3.8) is 0 Å². The topological polar surface area (TPSA) is 87.7 Å². The van der Waals surface area contributed by atoms with Crippen molar-refractivity contribution in [1.29, 1.82) is 0 Å². The molecule has 0 bridgehead atoms. The first-order valence-electron chi connectivity index (χ1n) is 8.78. The molecule has 4 amide bonds. The van der Waals surface area contributed by atoms with Crippen molar-refractivity contribution in [3.8, 4) is 5.75 Å². The summed E-state index contributed by atoms with van der Waals surface area (Å²) >= 11 is 3.37. The number of ether oxygens (including phenoxy) is 1. The predicted octanol–water partition coefficient (Wildman–Crippen LogP) is 3.02. The fourth-order valence-corrected chi connectivity index (χ4v) is 3.67. The number of nitrogens with zero attached hydrogens (tertiary/aromatic N) is 1. The van der Waals surface area contributed by atoms with Gasteiger partial charge in [0.1, 0.15) is 11.3 Å². The summed E-state index contributed by atoms with van der Waals surface area (Å²) < 4.78 is 6.18. The van der Waals surface area contributed by atoms with E-state index in [1.807, 2.05) is 25.1 Å². The Morgan fingerprint density at radius 3 is 2.57 bits per heavy atom. The van der Waals surface area contributed by atoms with Gasteiger partial charge in [-0.15, -0.1) is 0 Å². The fourth-order valence-electron chi connectivity index (χ4n) is 3.06. The van der Waals surface area contributed by atoms with Crippen LogP contribution in [-0.2, 0) is 15.1 Å². The molecule has 1 fully saturated rings. The molecule has 28 heavy (non-hydrogen) atoms. The van der Waals surface area contributed by atoms with Crippen LogP contribution in [-0.4, -0.2) is 29.5 Å². The number of amides is 4. The Labute approximate surface area is 171 Å². The molecule has 1 unspecified atom stereocenters. The molecular weight excluding hydrogens is 426 g/mol. The van der Waals surface area contributed by atoms with Crippen molar-refractivity contribution in [2.75, 3.05) is 6.61 Å². The van der Waals surface area contributed by atoms with Gasteiger partial charge in [-0.05, 0) is 52.5 Å². The highest BCUT2D eigenvalue weighted by Crippen LogP contribution is 2.31. The number of hydrazine groups is 1. The van der Waals surface area contributed by atoms with Gasteiger partial charge >= 0.3 is 6.03 Å². The molecule has 0 spiro atoms. The van der Waals surface area contributed by atoms with E-state index in [0.29, 0.717) is 27.2 Å². The van der Waals surface area contributed by atoms with Crippen LogP contribution in [0.25, 0.3) is 0 Å². The first kappa shape index (κ1) is 19.9. The van der Waals surface area contributed by atoms with Crippen molar-refractivity contribution in [1.82, 2.24) is 15.8 Å². The molecule has 3 rings (SSSR count). The zero-order chi connectivity index (χ0) is 20.3. The van der Waals surface area contributed by atoms with E-state index < -0.39 is 23.4 Å². The molecule has 2 N–H and O–H groups in total. The monoisotopic (exact) mass is 445 g/mol. The first-order chi connectivity index (χ1) is 13.4. The number of benzene rings is 2. The lowest BCUT2D eigenvalue weighted by Crippen LogP contribution is -2.49. The van der Waals surface area contributed by atoms with Gasteiger partial charge < -0.3 is 10.1 Å². The van der Waals surface area contributed by atoms with Crippen LogP contribution in [0.2, 0.25) is 0 Å². The third kappa shape index (κ3) is 3.73. The van der Waals surface area contributed by atoms with Gasteiger partial charge in [-0.25, -0.2) is 4.79 Å². The standard InChI is InChI=1S/C20H20BrN3O4/c1-3-20(14-7-5-4-6-8-14)18(26)24(19(27)22-20)23-17(25)12-28-16-10-9-13(2)11-15(16)21/h4-11H,3,12H2,1-2H3,(H,22,27)(H,23,25). The molecule has 1 saturated heterocycles. The lowest BCUT2D eigenvalue weighted by atomic mass is 9.87. The average molecular weight is 446 g/mol. The Morgan fingerprint density at radius 2 is 1.93 bits per heavy atom. The van der Waals surface area contributed by atoms with Gasteiger partial charge in [0.25, 0.3) is 11.8 Å². The SMILES string of the molecule is CCC1(c2ccccc2)NC(=O)N(NC(=O)COc2ccc(C)cc2Br)C1=O. The third-order valence-corrected chi connectivity index (χ3v) is 5.19. The minimum atomic E-state index is -1.20. The van der Waals surface area contributed by atoms with Crippen LogP contribution >= 0.6 is 15.9 Å². The summed E-state index contributed by atoms with van der Waals surface area (Å²) in [6.45, 7) is 3.39. The van der Waals surface area contributed by atoms with Gasteiger partial charge in [-0.2, -0.15) is 5.01 Å². The Morgan fingerprint density at radius 1 is 1.21 bits per heavy atom. The van der Waals surface area contributed by atoms with Gasteiger partial charge in [-0.3, -0.25) is 15.0 Å². The molecule has 0 radical (unpaired) electrons. The molecule has 7 nitrogen and oxygen atoms in total. The molecule has 0 aliphatic carbocycles. The van der Waals surface area contributed by atoms with E-state index in [-0.39, 0.29) is 6.61 Å². The predicted molar refractivity (Wildman–Crippen MR) is 106 cm³/mol. The normalized spacial score (nSPS) is 18.8. The number of nitrogens with one attached hydrogen (secondary N) is 2. The second-order valence-corrected chi connectivity index (χ2v) is 7.31. The number of imide groups is 1. The van der Waals surface area contributed by atoms with Crippen molar-refractivity contribution in [3.05, 3.63) is 64.1 Å². The minimum absolute atomic E-state index is 0.344. The average Bonchev–Trinajstić information content (AvgIpc) is 2.93. The van der Waals surface area contributed by atoms with E-state index in [1.54, 1.807) is 37.3 Å². The number of hydrogen-bond acceptors (Lipinski definition) is 4. The van der Waals surface area contributed by atoms with Gasteiger partial charge in [-0.1, -0.05) is 43.3 Å². The minimum Gasteiger partial charge on any atom is -0.483 e. The largest absolute Gasteiger partial charge is 0.483 e. The molecule has 146 valence electrons. The number of halogens is 1. The van der Waals surface area contributed by atoms with Crippen LogP contribution in [0.3, 0.4) is 0 Å². The van der Waals surface area contributed by atoms with Crippen LogP contribution in [0.1, 0.15) is 24.5 Å². The summed E-state index contributed by atoms with van der Waals surface area (Å²) in [7, 11) is 0. The highest BCUT2D eigenvalue weighted by Gasteiger charge is 2.52. The van der Waals surface area contributed by atoms with Crippen molar-refractivity contribution in [2.24, 2.45) is 0 Å². The number of aryl methyl sites for hydroxylation is 1. The molecule has 0 aromatic heterocycles. The van der Waals surface area contributed by atoms with Crippen molar-refractivity contribution in [2.45, 2.75) is 25.8 Å². The second-order valence-electron chi connectivity index (χ2n) is 6.45. The highest BCUT2D eigenvalue weighted by molar-refractivity contribution is 9.10. The summed E-state index contributed by atoms with van der Waals surface area (Å²) in [5.74, 6) is -0.655. The van der Waals surface area contributed by atoms with E-state index in [0.717, 1.165) is 5.56 Å². The number of rotatable bonds is 6. The summed E-state index contributed by atoms with van der Waals surface area (Å²) in [6.07, 6.45) is 0.348. The van der Waals surface area contributed by atoms with E-state index >= 15 is 0 Å². The Kier molecular flexibility index (Phi) is 5.69. The van der Waals surface area contributed by atoms with Crippen LogP contribution in [0.4, 0.5) is 4.79 Å². The maximum atomic E-state index is 13.0. The molecule has 1 aliphatic heterocycles. The highest BCUT2D eigenvalue weighted by atomic mass is 79.9. The smallest absolute Gasteiger partial charge is 0.344 e. The van der Waals surface area contributed by atoms with Gasteiger partial charge in [0.05, 0.1) is 4.47 Å². The quantitative estimate of drug-likeness (QED) is 0.668. The lowest BCUT2D eigenvalue weighted by molar-refractivity contribution is -0.140. The number of urea groups is 1. The molecule has 0 saturated carbocycles. The number of carbonyl (C=O) groups is 3. The number of hydrogen-bond donors (Lipinski definition) is 2. The lowest BCUT2D eigenvalue weighted by Gasteiger charge is -2.25. The fraction of sp³-hybridized carbons (Fsp3) is 0.250. The van der Waals surface area contributed by atoms with Crippen molar-refractivity contribution >= 4 is 33.8 Å². The van der Waals surface area contributed by atoms with Crippen LogP contribution in [0.5, 0.6) is 5.75 Å². The summed E-state index contributed by atoms with van der Waals surface area (Å²) in [4.78, 5) is 37.6. The second kappa shape index (κ2) is 8.02. The molecule has 1 atom stereocenters. The molecule has 8 heteroatoms. The molecule has 1 aliphatic rings. The van der Waals surface area contributed by atoms with Gasteiger partial charge in [0, 0.05) is 0 Å². The molecule has 1 heterocycles. The van der Waals surface area contributed by atoms with E-state index in [1.165, 1.54) is 0 Å². The third-order valence-electron chi connectivity index (χ3n) is 4.57. The first-order valence-corrected chi connectivity index (χ1v) is 9.57. The maximum Gasteiger partial charge on any atom is 0.344 e. The Balaban J connectivity index is 1.69. The molecular formula is C20H20BrN3O4. The number of carbonyl (C=O) groups excluding carboxylic acids is 3. The van der Waals surface area contributed by atoms with Gasteiger partial charge in [0.2, 0.25) is 0 Å². The Hall–Kier alpha value is -2.87. The summed E-state index contributed by atoms with van der Waals surface area (Å²) in [5.41, 5.74) is 2.83.